The van der Waals surface area contributed by atoms with Crippen molar-refractivity contribution in [3.05, 3.63) is 23.8 Å². The molecule has 0 radical (unpaired) electrons. The molecule has 4 rings (SSSR count). The van der Waals surface area contributed by atoms with E-state index >= 15 is 0 Å². The van der Waals surface area contributed by atoms with E-state index in [0.717, 1.165) is 70.4 Å². The molecular weight excluding hydrogens is 412 g/mol. The molecule has 31 heavy (non-hydrogen) atoms. The van der Waals surface area contributed by atoms with E-state index < -0.39 is 10.0 Å². The Morgan fingerprint density at radius 2 is 1.45 bits per heavy atom. The maximum Gasteiger partial charge on any atom is 0.253 e. The number of carbonyl (C=O) groups is 1. The third-order valence-corrected chi connectivity index (χ3v) is 8.77. The Labute approximate surface area is 187 Å². The summed E-state index contributed by atoms with van der Waals surface area (Å²) in [5.41, 5.74) is 1.25. The summed E-state index contributed by atoms with van der Waals surface area (Å²) in [6, 6.07) is 5.36. The SMILES string of the molecule is CN1CCCN(C(=O)c2ccc(N3CCCCC3)c(S(=O)(=O)N3CCCCC3)c2)CC1. The molecule has 1 aromatic carbocycles. The van der Waals surface area contributed by atoms with Crippen LogP contribution >= 0.6 is 0 Å². The van der Waals surface area contributed by atoms with Crippen molar-refractivity contribution in [3.8, 4) is 0 Å². The van der Waals surface area contributed by atoms with Crippen molar-refractivity contribution in [1.82, 2.24) is 14.1 Å². The van der Waals surface area contributed by atoms with Gasteiger partial charge in [0.25, 0.3) is 5.91 Å². The summed E-state index contributed by atoms with van der Waals surface area (Å²) >= 11 is 0. The highest BCUT2D eigenvalue weighted by molar-refractivity contribution is 7.89. The highest BCUT2D eigenvalue weighted by atomic mass is 32.2. The van der Waals surface area contributed by atoms with Gasteiger partial charge in [-0.2, -0.15) is 4.31 Å². The number of hydrogen-bond acceptors (Lipinski definition) is 5. The van der Waals surface area contributed by atoms with Gasteiger partial charge in [0.15, 0.2) is 0 Å². The zero-order valence-corrected chi connectivity index (χ0v) is 19.6. The van der Waals surface area contributed by atoms with E-state index in [1.54, 1.807) is 10.4 Å². The first-order valence-corrected chi connectivity index (χ1v) is 13.3. The molecule has 3 saturated heterocycles. The van der Waals surface area contributed by atoms with Crippen LogP contribution in [0.25, 0.3) is 0 Å². The second-order valence-electron chi connectivity index (χ2n) is 9.14. The number of rotatable bonds is 4. The Kier molecular flexibility index (Phi) is 7.19. The van der Waals surface area contributed by atoms with E-state index in [-0.39, 0.29) is 5.91 Å². The Balaban J connectivity index is 1.68. The van der Waals surface area contributed by atoms with Gasteiger partial charge in [-0.1, -0.05) is 6.42 Å². The van der Waals surface area contributed by atoms with E-state index in [1.807, 2.05) is 17.0 Å². The zero-order chi connectivity index (χ0) is 21.8. The normalized spacial score (nSPS) is 22.4. The van der Waals surface area contributed by atoms with E-state index in [9.17, 15) is 13.2 Å². The van der Waals surface area contributed by atoms with Gasteiger partial charge in [0.05, 0.1) is 5.69 Å². The zero-order valence-electron chi connectivity index (χ0n) is 18.8. The molecule has 0 bridgehead atoms. The predicted molar refractivity (Wildman–Crippen MR) is 123 cm³/mol. The van der Waals surface area contributed by atoms with Crippen molar-refractivity contribution in [2.24, 2.45) is 0 Å². The molecule has 3 aliphatic heterocycles. The van der Waals surface area contributed by atoms with Crippen molar-refractivity contribution in [1.29, 1.82) is 0 Å². The van der Waals surface area contributed by atoms with Gasteiger partial charge in [0.2, 0.25) is 10.0 Å². The minimum absolute atomic E-state index is 0.0596. The van der Waals surface area contributed by atoms with Crippen molar-refractivity contribution < 1.29 is 13.2 Å². The van der Waals surface area contributed by atoms with Crippen LogP contribution < -0.4 is 4.90 Å². The van der Waals surface area contributed by atoms with Crippen molar-refractivity contribution in [3.63, 3.8) is 0 Å². The molecule has 3 aliphatic rings. The highest BCUT2D eigenvalue weighted by Gasteiger charge is 2.31. The van der Waals surface area contributed by atoms with Crippen molar-refractivity contribution in [2.75, 3.05) is 64.3 Å². The number of amides is 1. The quantitative estimate of drug-likeness (QED) is 0.709. The van der Waals surface area contributed by atoms with Crippen LogP contribution in [0.5, 0.6) is 0 Å². The number of hydrogen-bond donors (Lipinski definition) is 0. The first-order chi connectivity index (χ1) is 15.0. The van der Waals surface area contributed by atoms with Gasteiger partial charge in [0, 0.05) is 51.4 Å². The van der Waals surface area contributed by atoms with E-state index in [2.05, 4.69) is 16.8 Å². The summed E-state index contributed by atoms with van der Waals surface area (Å²) < 4.78 is 29.0. The van der Waals surface area contributed by atoms with Crippen molar-refractivity contribution >= 4 is 21.6 Å². The van der Waals surface area contributed by atoms with Crippen LogP contribution in [0, 0.1) is 0 Å². The average molecular weight is 449 g/mol. The van der Waals surface area contributed by atoms with E-state index in [0.29, 0.717) is 36.6 Å². The molecular formula is C23H36N4O3S. The van der Waals surface area contributed by atoms with Gasteiger partial charge in [0.1, 0.15) is 4.90 Å². The van der Waals surface area contributed by atoms with Gasteiger partial charge >= 0.3 is 0 Å². The number of sulfonamides is 1. The van der Waals surface area contributed by atoms with Crippen LogP contribution in [0.4, 0.5) is 5.69 Å². The molecule has 1 amide bonds. The molecule has 7 nitrogen and oxygen atoms in total. The van der Waals surface area contributed by atoms with Gasteiger partial charge in [-0.15, -0.1) is 0 Å². The summed E-state index contributed by atoms with van der Waals surface area (Å²) in [5, 5.41) is 0. The van der Waals surface area contributed by atoms with Gasteiger partial charge in [-0.3, -0.25) is 4.79 Å². The van der Waals surface area contributed by atoms with Gasteiger partial charge in [-0.25, -0.2) is 8.42 Å². The minimum atomic E-state index is -3.63. The van der Waals surface area contributed by atoms with Crippen LogP contribution in [0.2, 0.25) is 0 Å². The maximum absolute atomic E-state index is 13.7. The second-order valence-corrected chi connectivity index (χ2v) is 11.1. The van der Waals surface area contributed by atoms with Crippen LogP contribution in [0.1, 0.15) is 55.3 Å². The summed E-state index contributed by atoms with van der Waals surface area (Å²) in [6.45, 7) is 6.09. The molecule has 172 valence electrons. The fourth-order valence-electron chi connectivity index (χ4n) is 4.93. The second kappa shape index (κ2) is 9.88. The number of nitrogens with zero attached hydrogens (tertiary/aromatic N) is 4. The van der Waals surface area contributed by atoms with E-state index in [1.165, 1.54) is 6.42 Å². The Morgan fingerprint density at radius 1 is 0.774 bits per heavy atom. The van der Waals surface area contributed by atoms with E-state index in [4.69, 9.17) is 0 Å². The fourth-order valence-corrected chi connectivity index (χ4v) is 6.68. The maximum atomic E-state index is 13.7. The molecule has 1 aromatic rings. The lowest BCUT2D eigenvalue weighted by atomic mass is 10.1. The average Bonchev–Trinajstić information content (AvgIpc) is 3.04. The Morgan fingerprint density at radius 3 is 2.16 bits per heavy atom. The molecule has 0 aromatic heterocycles. The molecule has 0 unspecified atom stereocenters. The molecule has 8 heteroatoms. The molecule has 0 spiro atoms. The largest absolute Gasteiger partial charge is 0.370 e. The van der Waals surface area contributed by atoms with Crippen molar-refractivity contribution in [2.45, 2.75) is 49.8 Å². The molecule has 3 fully saturated rings. The number of anilines is 1. The topological polar surface area (TPSA) is 64.2 Å². The minimum Gasteiger partial charge on any atom is -0.370 e. The third kappa shape index (κ3) is 5.07. The molecule has 0 N–H and O–H groups in total. The molecule has 0 aliphatic carbocycles. The lowest BCUT2D eigenvalue weighted by Crippen LogP contribution is -2.38. The standard InChI is InChI=1S/C23H36N4O3S/c1-24-11-8-14-26(18-17-24)23(28)20-9-10-21(25-12-4-2-5-13-25)22(19-20)31(29,30)27-15-6-3-7-16-27/h9-10,19H,2-8,11-18H2,1H3. The first-order valence-electron chi connectivity index (χ1n) is 11.8. The first kappa shape index (κ1) is 22.6. The number of piperidine rings is 2. The molecule has 3 heterocycles. The lowest BCUT2D eigenvalue weighted by Gasteiger charge is -2.33. The van der Waals surface area contributed by atoms with Crippen LogP contribution in [-0.2, 0) is 10.0 Å². The highest BCUT2D eigenvalue weighted by Crippen LogP contribution is 2.32. The molecule has 0 atom stereocenters. The third-order valence-electron chi connectivity index (χ3n) is 6.84. The van der Waals surface area contributed by atoms with Gasteiger partial charge in [-0.05, 0) is 70.3 Å². The van der Waals surface area contributed by atoms with Gasteiger partial charge < -0.3 is 14.7 Å². The fraction of sp³-hybridized carbons (Fsp3) is 0.696. The number of likely N-dealkylation sites (N-methyl/N-ethyl adjacent to an activating group) is 1. The summed E-state index contributed by atoms with van der Waals surface area (Å²) in [5.74, 6) is -0.0596. The summed E-state index contributed by atoms with van der Waals surface area (Å²) in [4.78, 5) is 19.9. The number of carbonyl (C=O) groups excluding carboxylic acids is 1. The number of benzene rings is 1. The van der Waals surface area contributed by atoms with Crippen LogP contribution in [-0.4, -0.2) is 87.8 Å². The van der Waals surface area contributed by atoms with Crippen LogP contribution in [0.15, 0.2) is 23.1 Å². The lowest BCUT2D eigenvalue weighted by molar-refractivity contribution is 0.0762. The summed E-state index contributed by atoms with van der Waals surface area (Å²) in [7, 11) is -1.56. The predicted octanol–water partition coefficient (Wildman–Crippen LogP) is 2.63. The smallest absolute Gasteiger partial charge is 0.253 e. The van der Waals surface area contributed by atoms with Crippen LogP contribution in [0.3, 0.4) is 0 Å². The monoisotopic (exact) mass is 448 g/mol. The molecule has 0 saturated carbocycles. The Hall–Kier alpha value is -1.64. The Bertz CT molecular complexity index is 877. The summed E-state index contributed by atoms with van der Waals surface area (Å²) in [6.07, 6.45) is 7.15.